The second-order valence-corrected chi connectivity index (χ2v) is 6.23. The highest BCUT2D eigenvalue weighted by Gasteiger charge is 2.15. The van der Waals surface area contributed by atoms with Crippen LogP contribution in [0.25, 0.3) is 0 Å². The van der Waals surface area contributed by atoms with Crippen LogP contribution in [0.2, 0.25) is 0 Å². The summed E-state index contributed by atoms with van der Waals surface area (Å²) >= 11 is 0. The van der Waals surface area contributed by atoms with Crippen LogP contribution < -0.4 is 10.6 Å². The molecule has 0 aromatic carbocycles. The van der Waals surface area contributed by atoms with Crippen LogP contribution in [0.3, 0.4) is 0 Å². The lowest BCUT2D eigenvalue weighted by Crippen LogP contribution is -2.29. The van der Waals surface area contributed by atoms with Crippen LogP contribution in [0.15, 0.2) is 0 Å². The Bertz CT molecular complexity index is 270. The van der Waals surface area contributed by atoms with Crippen molar-refractivity contribution in [2.75, 3.05) is 27.2 Å². The molecule has 0 aromatic heterocycles. The molecule has 0 aliphatic carbocycles. The lowest BCUT2D eigenvalue weighted by Gasteiger charge is -2.19. The minimum absolute atomic E-state index is 0. The van der Waals surface area contributed by atoms with Gasteiger partial charge in [-0.3, -0.25) is 9.59 Å². The first-order valence-electron chi connectivity index (χ1n) is 6.64. The largest absolute Gasteiger partial charge is 0.459 e. The van der Waals surface area contributed by atoms with E-state index in [1.165, 1.54) is 0 Å². The monoisotopic (exact) mass is 362 g/mol. The van der Waals surface area contributed by atoms with Crippen molar-refractivity contribution in [2.45, 2.75) is 52.7 Å². The third kappa shape index (κ3) is 27.7. The zero-order valence-corrected chi connectivity index (χ0v) is 16.5. The van der Waals surface area contributed by atoms with E-state index in [4.69, 9.17) is 9.47 Å². The average Bonchev–Trinajstić information content (AvgIpc) is 2.12. The number of hydrogen-bond acceptors (Lipinski definition) is 6. The van der Waals surface area contributed by atoms with E-state index in [9.17, 15) is 9.59 Å². The molecule has 0 rings (SSSR count). The molecule has 0 spiro atoms. The number of carbonyl (C=O) groups is 2. The summed E-state index contributed by atoms with van der Waals surface area (Å²) < 4.78 is 9.95. The quantitative estimate of drug-likeness (QED) is 0.744. The summed E-state index contributed by atoms with van der Waals surface area (Å²) in [5.41, 5.74) is -0.734. The Morgan fingerprint density at radius 3 is 1.09 bits per heavy atom. The topological polar surface area (TPSA) is 76.7 Å². The van der Waals surface area contributed by atoms with Crippen molar-refractivity contribution in [3.63, 3.8) is 0 Å². The number of halogens is 2. The fraction of sp³-hybridized carbons (Fsp3) is 0.857. The molecule has 136 valence electrons. The minimum atomic E-state index is -0.367. The van der Waals surface area contributed by atoms with Gasteiger partial charge < -0.3 is 20.1 Å². The van der Waals surface area contributed by atoms with Gasteiger partial charge >= 0.3 is 11.9 Å². The summed E-state index contributed by atoms with van der Waals surface area (Å²) in [5, 5.41) is 5.43. The van der Waals surface area contributed by atoms with Gasteiger partial charge in [0.2, 0.25) is 0 Å². The molecule has 0 aliphatic rings. The predicted molar refractivity (Wildman–Crippen MR) is 94.0 cm³/mol. The van der Waals surface area contributed by atoms with Crippen molar-refractivity contribution < 1.29 is 19.1 Å². The summed E-state index contributed by atoms with van der Waals surface area (Å²) in [6.45, 7) is 11.6. The first-order valence-corrected chi connectivity index (χ1v) is 6.64. The molecule has 0 amide bonds. The zero-order valence-electron chi connectivity index (χ0n) is 14.9. The van der Waals surface area contributed by atoms with Crippen molar-refractivity contribution >= 4 is 36.8 Å². The van der Waals surface area contributed by atoms with Gasteiger partial charge in [0, 0.05) is 0 Å². The number of carbonyl (C=O) groups excluding carboxylic acids is 2. The maximum atomic E-state index is 10.8. The van der Waals surface area contributed by atoms with Gasteiger partial charge in [0.05, 0.1) is 13.1 Å². The molecule has 0 bridgehead atoms. The Morgan fingerprint density at radius 1 is 0.727 bits per heavy atom. The van der Waals surface area contributed by atoms with Gasteiger partial charge in [-0.1, -0.05) is 0 Å². The van der Waals surface area contributed by atoms with Crippen LogP contribution in [0, 0.1) is 0 Å². The van der Waals surface area contributed by atoms with Crippen LogP contribution in [0.5, 0.6) is 0 Å². The van der Waals surface area contributed by atoms with Crippen molar-refractivity contribution in [2.24, 2.45) is 0 Å². The van der Waals surface area contributed by atoms with Gasteiger partial charge in [-0.25, -0.2) is 0 Å². The number of hydrogen-bond donors (Lipinski definition) is 2. The lowest BCUT2D eigenvalue weighted by molar-refractivity contribution is -0.154. The highest BCUT2D eigenvalue weighted by molar-refractivity contribution is 5.85. The van der Waals surface area contributed by atoms with E-state index in [0.717, 1.165) is 0 Å². The number of esters is 2. The predicted octanol–water partition coefficient (Wildman–Crippen LogP) is 1.94. The molecule has 0 aromatic rings. The smallest absolute Gasteiger partial charge is 0.320 e. The molecule has 0 saturated heterocycles. The molecular weight excluding hydrogens is 331 g/mol. The molecule has 0 aliphatic heterocycles. The third-order valence-electron chi connectivity index (χ3n) is 1.48. The minimum Gasteiger partial charge on any atom is -0.459 e. The maximum absolute atomic E-state index is 10.8. The fourth-order valence-electron chi connectivity index (χ4n) is 1.04. The standard InChI is InChI=1S/2C7H15NO2.2ClH/c2*1-7(2,3)10-6(9)5-8-4;;/h2*8H,5H2,1-4H3;2*1H. The Hall–Kier alpha value is -0.560. The van der Waals surface area contributed by atoms with E-state index >= 15 is 0 Å². The molecule has 0 radical (unpaired) electrons. The molecule has 0 unspecified atom stereocenters. The van der Waals surface area contributed by atoms with Crippen molar-refractivity contribution in [3.05, 3.63) is 0 Å². The molecule has 8 heteroatoms. The fourth-order valence-corrected chi connectivity index (χ4v) is 1.04. The van der Waals surface area contributed by atoms with Crippen LogP contribution >= 0.6 is 24.8 Å². The highest BCUT2D eigenvalue weighted by Crippen LogP contribution is 2.06. The van der Waals surface area contributed by atoms with E-state index in [0.29, 0.717) is 0 Å². The van der Waals surface area contributed by atoms with Gasteiger partial charge in [0.1, 0.15) is 11.2 Å². The Morgan fingerprint density at radius 2 is 0.955 bits per heavy atom. The van der Waals surface area contributed by atoms with Gasteiger partial charge in [-0.05, 0) is 55.6 Å². The summed E-state index contributed by atoms with van der Waals surface area (Å²) in [7, 11) is 3.42. The van der Waals surface area contributed by atoms with Gasteiger partial charge in [-0.15, -0.1) is 24.8 Å². The third-order valence-corrected chi connectivity index (χ3v) is 1.48. The van der Waals surface area contributed by atoms with Gasteiger partial charge in [-0.2, -0.15) is 0 Å². The Kier molecular flexibility index (Phi) is 18.8. The first-order chi connectivity index (χ1) is 8.91. The van der Waals surface area contributed by atoms with Crippen molar-refractivity contribution in [1.82, 2.24) is 10.6 Å². The van der Waals surface area contributed by atoms with Crippen LogP contribution in [0.1, 0.15) is 41.5 Å². The van der Waals surface area contributed by atoms with Crippen molar-refractivity contribution in [3.8, 4) is 0 Å². The summed E-state index contributed by atoms with van der Waals surface area (Å²) in [6, 6.07) is 0. The highest BCUT2D eigenvalue weighted by atomic mass is 35.5. The Balaban J connectivity index is -0.000000135. The second kappa shape index (κ2) is 14.1. The molecule has 22 heavy (non-hydrogen) atoms. The molecule has 2 N–H and O–H groups in total. The normalized spacial score (nSPS) is 10.2. The average molecular weight is 363 g/mol. The number of ether oxygens (including phenoxy) is 2. The van der Waals surface area contributed by atoms with Crippen molar-refractivity contribution in [1.29, 1.82) is 0 Å². The molecule has 0 atom stereocenters. The number of rotatable bonds is 4. The molecular formula is C14H32Cl2N2O4. The van der Waals surface area contributed by atoms with E-state index < -0.39 is 0 Å². The molecule has 6 nitrogen and oxygen atoms in total. The van der Waals surface area contributed by atoms with Crippen LogP contribution in [0.4, 0.5) is 0 Å². The molecule has 0 heterocycles. The van der Waals surface area contributed by atoms with Crippen LogP contribution in [-0.2, 0) is 19.1 Å². The SMILES string of the molecule is CNCC(=O)OC(C)(C)C.CNCC(=O)OC(C)(C)C.Cl.Cl. The lowest BCUT2D eigenvalue weighted by atomic mass is 10.2. The van der Waals surface area contributed by atoms with Gasteiger partial charge in [0.25, 0.3) is 0 Å². The summed E-state index contributed by atoms with van der Waals surface area (Å²) in [4.78, 5) is 21.5. The first kappa shape index (κ1) is 29.5. The number of likely N-dealkylation sites (N-methyl/N-ethyl adjacent to an activating group) is 2. The summed E-state index contributed by atoms with van der Waals surface area (Å²) in [5.74, 6) is -0.426. The van der Waals surface area contributed by atoms with E-state index in [1.807, 2.05) is 41.5 Å². The second-order valence-electron chi connectivity index (χ2n) is 6.23. The Labute approximate surface area is 146 Å². The molecule has 0 saturated carbocycles. The van der Waals surface area contributed by atoms with E-state index in [1.54, 1.807) is 14.1 Å². The van der Waals surface area contributed by atoms with E-state index in [-0.39, 0.29) is 61.0 Å². The summed E-state index contributed by atoms with van der Waals surface area (Å²) in [6.07, 6.45) is 0. The van der Waals surface area contributed by atoms with Crippen LogP contribution in [-0.4, -0.2) is 50.3 Å². The molecule has 0 fully saturated rings. The van der Waals surface area contributed by atoms with Gasteiger partial charge in [0.15, 0.2) is 0 Å². The number of nitrogens with one attached hydrogen (secondary N) is 2. The van der Waals surface area contributed by atoms with E-state index in [2.05, 4.69) is 10.6 Å². The maximum Gasteiger partial charge on any atom is 0.320 e. The zero-order chi connectivity index (χ0) is 16.4.